The number of aliphatic hydroxyl groups excluding tert-OH is 1. The summed E-state index contributed by atoms with van der Waals surface area (Å²) in [5, 5.41) is 12.3. The summed E-state index contributed by atoms with van der Waals surface area (Å²) < 4.78 is 0. The molecule has 0 aromatic carbocycles. The molecule has 1 aromatic heterocycles. The quantitative estimate of drug-likeness (QED) is 0.706. The molecule has 13 heavy (non-hydrogen) atoms. The van der Waals surface area contributed by atoms with E-state index in [0.717, 1.165) is 18.5 Å². The van der Waals surface area contributed by atoms with Gasteiger partial charge >= 0.3 is 0 Å². The van der Waals surface area contributed by atoms with Gasteiger partial charge in [0.25, 0.3) is 0 Å². The maximum Gasteiger partial charge on any atom is 0.0584 e. The number of aliphatic hydroxyl groups is 1. The second-order valence-electron chi connectivity index (χ2n) is 3.43. The smallest absolute Gasteiger partial charge is 0.0584 e. The number of rotatable bonds is 2. The fourth-order valence-corrected chi connectivity index (χ4v) is 1.78. The van der Waals surface area contributed by atoms with Crippen LogP contribution < -0.4 is 5.32 Å². The summed E-state index contributed by atoms with van der Waals surface area (Å²) in [6.45, 7) is 0.226. The van der Waals surface area contributed by atoms with Gasteiger partial charge in [-0.05, 0) is 25.0 Å². The zero-order valence-electron chi connectivity index (χ0n) is 7.48. The SMILES string of the molecule is OC[C@@H]1CC[C@H](c2ccccn2)N1. The van der Waals surface area contributed by atoms with Crippen LogP contribution in [0.3, 0.4) is 0 Å². The first-order valence-corrected chi connectivity index (χ1v) is 4.68. The van der Waals surface area contributed by atoms with Crippen molar-refractivity contribution < 1.29 is 5.11 Å². The molecule has 1 saturated heterocycles. The van der Waals surface area contributed by atoms with Crippen LogP contribution in [0.4, 0.5) is 0 Å². The number of hydrogen-bond acceptors (Lipinski definition) is 3. The molecule has 2 atom stereocenters. The van der Waals surface area contributed by atoms with Crippen LogP contribution in [-0.4, -0.2) is 22.7 Å². The molecular weight excluding hydrogens is 164 g/mol. The van der Waals surface area contributed by atoms with Crippen LogP contribution >= 0.6 is 0 Å². The highest BCUT2D eigenvalue weighted by molar-refractivity contribution is 5.10. The average Bonchev–Trinajstić information content (AvgIpc) is 2.67. The fourth-order valence-electron chi connectivity index (χ4n) is 1.78. The summed E-state index contributed by atoms with van der Waals surface area (Å²) in [7, 11) is 0. The maximum atomic E-state index is 8.95. The summed E-state index contributed by atoms with van der Waals surface area (Å²) >= 11 is 0. The minimum Gasteiger partial charge on any atom is -0.395 e. The minimum absolute atomic E-state index is 0.226. The number of pyridine rings is 1. The third kappa shape index (κ3) is 1.87. The standard InChI is InChI=1S/C10H14N2O/c13-7-8-4-5-10(12-8)9-3-1-2-6-11-9/h1-3,6,8,10,12-13H,4-5,7H2/t8-,10+/m0/s1. The molecule has 0 radical (unpaired) electrons. The molecule has 70 valence electrons. The second-order valence-corrected chi connectivity index (χ2v) is 3.43. The molecule has 1 fully saturated rings. The molecule has 1 aromatic rings. The van der Waals surface area contributed by atoms with Gasteiger partial charge in [-0.25, -0.2) is 0 Å². The monoisotopic (exact) mass is 178 g/mol. The van der Waals surface area contributed by atoms with E-state index in [9.17, 15) is 0 Å². The lowest BCUT2D eigenvalue weighted by molar-refractivity contribution is 0.251. The molecule has 3 heteroatoms. The molecule has 1 aliphatic rings. The van der Waals surface area contributed by atoms with E-state index in [1.807, 2.05) is 24.4 Å². The van der Waals surface area contributed by atoms with Crippen LogP contribution in [0.25, 0.3) is 0 Å². The normalized spacial score (nSPS) is 27.8. The lowest BCUT2D eigenvalue weighted by atomic mass is 10.1. The van der Waals surface area contributed by atoms with Gasteiger partial charge in [0.05, 0.1) is 12.3 Å². The first-order chi connectivity index (χ1) is 6.40. The van der Waals surface area contributed by atoms with E-state index in [0.29, 0.717) is 6.04 Å². The molecule has 0 spiro atoms. The molecule has 0 unspecified atom stereocenters. The number of aromatic nitrogens is 1. The average molecular weight is 178 g/mol. The van der Waals surface area contributed by atoms with E-state index >= 15 is 0 Å². The van der Waals surface area contributed by atoms with Gasteiger partial charge in [0, 0.05) is 18.3 Å². The molecule has 3 nitrogen and oxygen atoms in total. The van der Waals surface area contributed by atoms with E-state index in [-0.39, 0.29) is 12.6 Å². The highest BCUT2D eigenvalue weighted by Gasteiger charge is 2.24. The lowest BCUT2D eigenvalue weighted by Gasteiger charge is -2.11. The van der Waals surface area contributed by atoms with E-state index < -0.39 is 0 Å². The van der Waals surface area contributed by atoms with Crippen molar-refractivity contribution in [2.75, 3.05) is 6.61 Å². The van der Waals surface area contributed by atoms with Crippen molar-refractivity contribution in [1.29, 1.82) is 0 Å². The summed E-state index contributed by atoms with van der Waals surface area (Å²) in [6.07, 6.45) is 3.92. The van der Waals surface area contributed by atoms with E-state index in [1.165, 1.54) is 0 Å². The van der Waals surface area contributed by atoms with Gasteiger partial charge < -0.3 is 10.4 Å². The minimum atomic E-state index is 0.226. The van der Waals surface area contributed by atoms with Gasteiger partial charge in [-0.3, -0.25) is 4.98 Å². The molecule has 2 N–H and O–H groups in total. The van der Waals surface area contributed by atoms with Crippen LogP contribution in [0.15, 0.2) is 24.4 Å². The van der Waals surface area contributed by atoms with Gasteiger partial charge in [0.2, 0.25) is 0 Å². The van der Waals surface area contributed by atoms with Crippen LogP contribution in [0.1, 0.15) is 24.6 Å². The number of hydrogen-bond donors (Lipinski definition) is 2. The van der Waals surface area contributed by atoms with Crippen molar-refractivity contribution in [3.63, 3.8) is 0 Å². The molecule has 2 heterocycles. The molecule has 0 amide bonds. The Hall–Kier alpha value is -0.930. The van der Waals surface area contributed by atoms with Gasteiger partial charge in [-0.1, -0.05) is 6.07 Å². The van der Waals surface area contributed by atoms with Gasteiger partial charge in [-0.15, -0.1) is 0 Å². The van der Waals surface area contributed by atoms with Crippen molar-refractivity contribution in [3.05, 3.63) is 30.1 Å². The van der Waals surface area contributed by atoms with Gasteiger partial charge in [-0.2, -0.15) is 0 Å². The Morgan fingerprint density at radius 1 is 1.46 bits per heavy atom. The third-order valence-corrected chi connectivity index (χ3v) is 2.51. The molecule has 0 saturated carbocycles. The van der Waals surface area contributed by atoms with E-state index in [1.54, 1.807) is 0 Å². The van der Waals surface area contributed by atoms with Crippen LogP contribution in [0.2, 0.25) is 0 Å². The van der Waals surface area contributed by atoms with Crippen LogP contribution in [-0.2, 0) is 0 Å². The fraction of sp³-hybridized carbons (Fsp3) is 0.500. The summed E-state index contributed by atoms with van der Waals surface area (Å²) in [5.74, 6) is 0. The molecule has 2 rings (SSSR count). The van der Waals surface area contributed by atoms with Gasteiger partial charge in [0.15, 0.2) is 0 Å². The van der Waals surface area contributed by atoms with Crippen molar-refractivity contribution in [1.82, 2.24) is 10.3 Å². The first-order valence-electron chi connectivity index (χ1n) is 4.68. The van der Waals surface area contributed by atoms with Crippen molar-refractivity contribution in [2.45, 2.75) is 24.9 Å². The van der Waals surface area contributed by atoms with Crippen LogP contribution in [0, 0.1) is 0 Å². The Morgan fingerprint density at radius 2 is 2.38 bits per heavy atom. The molecule has 1 aliphatic heterocycles. The summed E-state index contributed by atoms with van der Waals surface area (Å²) in [6, 6.07) is 6.53. The predicted octanol–water partition coefficient (Wildman–Crippen LogP) is 0.867. The Labute approximate surface area is 77.8 Å². The molecule has 0 aliphatic carbocycles. The predicted molar refractivity (Wildman–Crippen MR) is 50.2 cm³/mol. The van der Waals surface area contributed by atoms with Crippen molar-refractivity contribution >= 4 is 0 Å². The van der Waals surface area contributed by atoms with E-state index in [4.69, 9.17) is 5.11 Å². The lowest BCUT2D eigenvalue weighted by Crippen LogP contribution is -2.27. The Kier molecular flexibility index (Phi) is 2.57. The highest BCUT2D eigenvalue weighted by atomic mass is 16.3. The Balaban J connectivity index is 2.04. The molecule has 0 bridgehead atoms. The van der Waals surface area contributed by atoms with E-state index in [2.05, 4.69) is 10.3 Å². The number of nitrogens with zero attached hydrogens (tertiary/aromatic N) is 1. The van der Waals surface area contributed by atoms with Crippen molar-refractivity contribution in [3.8, 4) is 0 Å². The Bertz CT molecular complexity index is 263. The van der Waals surface area contributed by atoms with Crippen molar-refractivity contribution in [2.24, 2.45) is 0 Å². The largest absolute Gasteiger partial charge is 0.395 e. The highest BCUT2D eigenvalue weighted by Crippen LogP contribution is 2.24. The maximum absolute atomic E-state index is 8.95. The first kappa shape index (κ1) is 8.66. The zero-order valence-corrected chi connectivity index (χ0v) is 7.48. The summed E-state index contributed by atoms with van der Waals surface area (Å²) in [5.41, 5.74) is 1.08. The zero-order chi connectivity index (χ0) is 9.10. The summed E-state index contributed by atoms with van der Waals surface area (Å²) in [4.78, 5) is 4.29. The Morgan fingerprint density at radius 3 is 3.00 bits per heavy atom. The second kappa shape index (κ2) is 3.85. The van der Waals surface area contributed by atoms with Gasteiger partial charge in [0.1, 0.15) is 0 Å². The molecular formula is C10H14N2O. The topological polar surface area (TPSA) is 45.2 Å². The van der Waals surface area contributed by atoms with Crippen LogP contribution in [0.5, 0.6) is 0 Å². The number of nitrogens with one attached hydrogen (secondary N) is 1. The third-order valence-electron chi connectivity index (χ3n) is 2.51.